The van der Waals surface area contributed by atoms with Crippen molar-refractivity contribution in [3.05, 3.63) is 47.0 Å². The molecule has 11 heteroatoms. The summed E-state index contributed by atoms with van der Waals surface area (Å²) in [5.74, 6) is -0.0575. The molecular formula is C14H12ClF3N4O2S. The van der Waals surface area contributed by atoms with E-state index in [1.54, 1.807) is 6.07 Å². The smallest absolute Gasteiger partial charge is 0.325 e. The van der Waals surface area contributed by atoms with Crippen molar-refractivity contribution in [3.63, 3.8) is 0 Å². The van der Waals surface area contributed by atoms with E-state index in [0.29, 0.717) is 0 Å². The number of alkyl halides is 3. The number of sulfonamides is 1. The van der Waals surface area contributed by atoms with Crippen molar-refractivity contribution >= 4 is 21.6 Å². The van der Waals surface area contributed by atoms with E-state index in [-0.39, 0.29) is 27.9 Å². The lowest BCUT2D eigenvalue weighted by molar-refractivity contribution is -0.141. The molecule has 0 atom stereocenters. The van der Waals surface area contributed by atoms with Crippen molar-refractivity contribution in [2.75, 3.05) is 7.05 Å². The predicted molar refractivity (Wildman–Crippen MR) is 83.1 cm³/mol. The highest BCUT2D eigenvalue weighted by Crippen LogP contribution is 2.23. The van der Waals surface area contributed by atoms with Crippen molar-refractivity contribution in [2.24, 2.45) is 0 Å². The van der Waals surface area contributed by atoms with Gasteiger partial charge in [-0.3, -0.25) is 0 Å². The molecule has 1 aromatic carbocycles. The van der Waals surface area contributed by atoms with E-state index in [2.05, 4.69) is 4.98 Å². The van der Waals surface area contributed by atoms with Crippen molar-refractivity contribution in [1.29, 1.82) is 5.26 Å². The molecule has 0 unspecified atom stereocenters. The van der Waals surface area contributed by atoms with Crippen LogP contribution in [-0.2, 0) is 23.1 Å². The van der Waals surface area contributed by atoms with E-state index >= 15 is 0 Å². The van der Waals surface area contributed by atoms with Crippen molar-refractivity contribution in [3.8, 4) is 6.07 Å². The van der Waals surface area contributed by atoms with E-state index in [4.69, 9.17) is 16.9 Å². The van der Waals surface area contributed by atoms with Crippen LogP contribution >= 0.6 is 11.6 Å². The van der Waals surface area contributed by atoms with Crippen LogP contribution in [0.5, 0.6) is 0 Å². The van der Waals surface area contributed by atoms with Gasteiger partial charge in [-0.25, -0.2) is 13.4 Å². The maximum Gasteiger partial charge on any atom is 0.406 e. The Morgan fingerprint density at radius 1 is 1.40 bits per heavy atom. The van der Waals surface area contributed by atoms with Gasteiger partial charge in [-0.1, -0.05) is 11.6 Å². The lowest BCUT2D eigenvalue weighted by atomic mass is 10.2. The molecule has 134 valence electrons. The summed E-state index contributed by atoms with van der Waals surface area (Å²) in [5, 5.41) is 9.04. The fraction of sp³-hybridized carbons (Fsp3) is 0.286. The molecule has 2 rings (SSSR count). The average Bonchev–Trinajstić information content (AvgIpc) is 2.92. The van der Waals surface area contributed by atoms with E-state index in [9.17, 15) is 21.6 Å². The molecule has 0 aliphatic carbocycles. The Bertz CT molecular complexity index is 919. The minimum absolute atomic E-state index is 0.0188. The molecule has 0 saturated carbocycles. The number of rotatable bonds is 5. The number of nitriles is 1. The number of benzene rings is 1. The van der Waals surface area contributed by atoms with Gasteiger partial charge in [0.1, 0.15) is 18.4 Å². The summed E-state index contributed by atoms with van der Waals surface area (Å²) >= 11 is 5.77. The first-order chi connectivity index (χ1) is 11.5. The summed E-state index contributed by atoms with van der Waals surface area (Å²) in [6.45, 7) is -1.63. The Morgan fingerprint density at radius 2 is 2.08 bits per heavy atom. The molecular weight excluding hydrogens is 381 g/mol. The van der Waals surface area contributed by atoms with Crippen LogP contribution in [0, 0.1) is 11.3 Å². The molecule has 1 heterocycles. The Hall–Kier alpha value is -2.09. The van der Waals surface area contributed by atoms with Gasteiger partial charge in [0.05, 0.1) is 22.0 Å². The maximum atomic E-state index is 12.5. The zero-order valence-electron chi connectivity index (χ0n) is 12.8. The molecule has 0 aliphatic rings. The molecule has 0 spiro atoms. The highest BCUT2D eigenvalue weighted by atomic mass is 35.5. The lowest BCUT2D eigenvalue weighted by Crippen LogP contribution is -2.29. The summed E-state index contributed by atoms with van der Waals surface area (Å²) in [6, 6.07) is 5.37. The monoisotopic (exact) mass is 392 g/mol. The third-order valence-electron chi connectivity index (χ3n) is 3.28. The fourth-order valence-corrected chi connectivity index (χ4v) is 3.36. The van der Waals surface area contributed by atoms with Gasteiger partial charge in [-0.15, -0.1) is 0 Å². The van der Waals surface area contributed by atoms with Crippen LogP contribution in [0.15, 0.2) is 35.5 Å². The summed E-state index contributed by atoms with van der Waals surface area (Å²) in [7, 11) is -2.82. The van der Waals surface area contributed by atoms with Gasteiger partial charge in [0, 0.05) is 19.4 Å². The van der Waals surface area contributed by atoms with Crippen molar-refractivity contribution in [2.45, 2.75) is 24.2 Å². The number of nitrogens with zero attached hydrogens (tertiary/aromatic N) is 4. The average molecular weight is 393 g/mol. The van der Waals surface area contributed by atoms with Crippen molar-refractivity contribution in [1.82, 2.24) is 13.9 Å². The Kier molecular flexibility index (Phi) is 5.41. The van der Waals surface area contributed by atoms with Gasteiger partial charge in [-0.2, -0.15) is 22.7 Å². The number of hydrogen-bond acceptors (Lipinski definition) is 4. The molecule has 6 nitrogen and oxygen atoms in total. The maximum absolute atomic E-state index is 12.5. The van der Waals surface area contributed by atoms with Gasteiger partial charge in [0.25, 0.3) is 0 Å². The molecule has 0 N–H and O–H groups in total. The van der Waals surface area contributed by atoms with E-state index in [0.717, 1.165) is 27.3 Å². The summed E-state index contributed by atoms with van der Waals surface area (Å²) < 4.78 is 64.4. The molecule has 0 amide bonds. The second kappa shape index (κ2) is 7.03. The van der Waals surface area contributed by atoms with Crippen LogP contribution in [0.1, 0.15) is 11.4 Å². The molecule has 1 aromatic heterocycles. The minimum atomic E-state index is -4.45. The van der Waals surface area contributed by atoms with Crippen LogP contribution in [0.2, 0.25) is 5.02 Å². The van der Waals surface area contributed by atoms with Gasteiger partial charge >= 0.3 is 6.18 Å². The van der Waals surface area contributed by atoms with E-state index in [1.807, 2.05) is 0 Å². The van der Waals surface area contributed by atoms with Crippen molar-refractivity contribution < 1.29 is 21.6 Å². The minimum Gasteiger partial charge on any atom is -0.325 e. The van der Waals surface area contributed by atoms with Crippen LogP contribution < -0.4 is 0 Å². The normalized spacial score (nSPS) is 12.4. The summed E-state index contributed by atoms with van der Waals surface area (Å²) in [4.78, 5) is 3.59. The number of hydrogen-bond donors (Lipinski definition) is 0. The number of imidazole rings is 1. The Balaban J connectivity index is 2.28. The second-order valence-electron chi connectivity index (χ2n) is 5.10. The van der Waals surface area contributed by atoms with Gasteiger partial charge in [-0.05, 0) is 18.2 Å². The van der Waals surface area contributed by atoms with E-state index < -0.39 is 22.7 Å². The highest BCUT2D eigenvalue weighted by molar-refractivity contribution is 7.89. The first-order valence-electron chi connectivity index (χ1n) is 6.77. The first-order valence-corrected chi connectivity index (χ1v) is 8.59. The molecule has 0 fully saturated rings. The zero-order valence-corrected chi connectivity index (χ0v) is 14.4. The SMILES string of the molecule is CN(Cc1nccn1CC(F)(F)F)S(=O)(=O)c1ccc(Cl)c(C#N)c1. The Morgan fingerprint density at radius 3 is 2.68 bits per heavy atom. The largest absolute Gasteiger partial charge is 0.406 e. The molecule has 0 aliphatic heterocycles. The number of halogens is 4. The van der Waals surface area contributed by atoms with Gasteiger partial charge < -0.3 is 4.57 Å². The molecule has 0 radical (unpaired) electrons. The van der Waals surface area contributed by atoms with Gasteiger partial charge in [0.2, 0.25) is 10.0 Å². The zero-order chi connectivity index (χ0) is 18.8. The van der Waals surface area contributed by atoms with Gasteiger partial charge in [0.15, 0.2) is 0 Å². The summed E-state index contributed by atoms with van der Waals surface area (Å²) in [5.41, 5.74) is -0.0188. The lowest BCUT2D eigenvalue weighted by Gasteiger charge is -2.18. The standard InChI is InChI=1S/C14H12ClF3N4O2S/c1-21(8-13-20-4-5-22(13)9-14(16,17)18)25(23,24)11-2-3-12(15)10(6-11)7-19/h2-6H,8-9H2,1H3. The molecule has 0 bridgehead atoms. The topological polar surface area (TPSA) is 79.0 Å². The van der Waals surface area contributed by atoms with E-state index in [1.165, 1.54) is 19.2 Å². The van der Waals surface area contributed by atoms with Crippen LogP contribution in [0.3, 0.4) is 0 Å². The quantitative estimate of drug-likeness (QED) is 0.783. The molecule has 0 saturated heterocycles. The fourth-order valence-electron chi connectivity index (χ4n) is 2.04. The third kappa shape index (κ3) is 4.50. The predicted octanol–water partition coefficient (Wildman–Crippen LogP) is 2.79. The molecule has 25 heavy (non-hydrogen) atoms. The summed E-state index contributed by atoms with van der Waals surface area (Å²) in [6.07, 6.45) is -2.16. The number of aromatic nitrogens is 2. The second-order valence-corrected chi connectivity index (χ2v) is 7.55. The van der Waals surface area contributed by atoms with Crippen LogP contribution in [-0.4, -0.2) is 35.5 Å². The molecule has 2 aromatic rings. The first kappa shape index (κ1) is 19.2. The van der Waals surface area contributed by atoms with Crippen LogP contribution in [0.25, 0.3) is 0 Å². The van der Waals surface area contributed by atoms with Crippen LogP contribution in [0.4, 0.5) is 13.2 Å². The third-order valence-corrected chi connectivity index (χ3v) is 5.41. The Labute approximate surface area is 147 Å². The highest BCUT2D eigenvalue weighted by Gasteiger charge is 2.30.